The molecular formula is C13H9BrN2O2. The quantitative estimate of drug-likeness (QED) is 0.814. The van der Waals surface area contributed by atoms with Crippen LogP contribution in [0.5, 0.6) is 17.4 Å². The third-order valence-electron chi connectivity index (χ3n) is 1.98. The zero-order chi connectivity index (χ0) is 12.8. The van der Waals surface area contributed by atoms with Crippen LogP contribution in [-0.2, 0) is 0 Å². The summed E-state index contributed by atoms with van der Waals surface area (Å²) in [5.74, 6) is 4.11. The molecule has 2 aromatic rings. The molecule has 1 aromatic heterocycles. The van der Waals surface area contributed by atoms with E-state index in [0.29, 0.717) is 21.9 Å². The van der Waals surface area contributed by atoms with Crippen molar-refractivity contribution in [2.45, 2.75) is 0 Å². The molecule has 0 unspecified atom stereocenters. The lowest BCUT2D eigenvalue weighted by Crippen LogP contribution is -1.94. The molecule has 0 saturated carbocycles. The second-order valence-corrected chi connectivity index (χ2v) is 4.10. The molecule has 1 heterocycles. The van der Waals surface area contributed by atoms with Crippen LogP contribution in [0.4, 0.5) is 0 Å². The van der Waals surface area contributed by atoms with Crippen LogP contribution >= 0.6 is 15.9 Å². The fourth-order valence-corrected chi connectivity index (χ4v) is 1.54. The van der Waals surface area contributed by atoms with E-state index < -0.39 is 0 Å². The Kier molecular flexibility index (Phi) is 4.15. The maximum absolute atomic E-state index is 5.60. The predicted molar refractivity (Wildman–Crippen MR) is 70.6 cm³/mol. The smallest absolute Gasteiger partial charge is 0.236 e. The van der Waals surface area contributed by atoms with E-state index >= 15 is 0 Å². The predicted octanol–water partition coefficient (Wildman–Crippen LogP) is 3.04. The molecule has 0 saturated heterocycles. The van der Waals surface area contributed by atoms with Gasteiger partial charge in [0.05, 0.1) is 4.47 Å². The van der Waals surface area contributed by atoms with Crippen molar-refractivity contribution in [2.24, 2.45) is 0 Å². The van der Waals surface area contributed by atoms with Gasteiger partial charge in [-0.05, 0) is 28.1 Å². The van der Waals surface area contributed by atoms with Crippen LogP contribution in [0.1, 0.15) is 0 Å². The summed E-state index contributed by atoms with van der Waals surface area (Å²) >= 11 is 3.31. The number of halogens is 1. The Bertz CT molecular complexity index is 581. The number of rotatable bonds is 4. The van der Waals surface area contributed by atoms with Crippen molar-refractivity contribution in [2.75, 3.05) is 6.61 Å². The van der Waals surface area contributed by atoms with Gasteiger partial charge in [-0.3, -0.25) is 0 Å². The van der Waals surface area contributed by atoms with E-state index in [1.807, 2.05) is 6.07 Å². The minimum Gasteiger partial charge on any atom is -0.481 e. The normalized spacial score (nSPS) is 9.56. The molecule has 0 atom stereocenters. The monoisotopic (exact) mass is 304 g/mol. The van der Waals surface area contributed by atoms with E-state index in [2.05, 4.69) is 31.8 Å². The van der Waals surface area contributed by atoms with Crippen molar-refractivity contribution in [3.8, 4) is 29.7 Å². The van der Waals surface area contributed by atoms with Crippen molar-refractivity contribution < 1.29 is 9.47 Å². The summed E-state index contributed by atoms with van der Waals surface area (Å²) in [5.41, 5.74) is 0. The average Bonchev–Trinajstić information content (AvgIpc) is 2.40. The van der Waals surface area contributed by atoms with Crippen LogP contribution in [0, 0.1) is 12.3 Å². The largest absolute Gasteiger partial charge is 0.481 e. The van der Waals surface area contributed by atoms with Crippen LogP contribution in [0.25, 0.3) is 0 Å². The van der Waals surface area contributed by atoms with Crippen molar-refractivity contribution in [3.05, 3.63) is 41.3 Å². The van der Waals surface area contributed by atoms with E-state index in [4.69, 9.17) is 15.9 Å². The highest BCUT2D eigenvalue weighted by atomic mass is 79.9. The minimum absolute atomic E-state index is 0.223. The van der Waals surface area contributed by atoms with Crippen LogP contribution in [-0.4, -0.2) is 16.6 Å². The van der Waals surface area contributed by atoms with Crippen molar-refractivity contribution in [1.82, 2.24) is 9.97 Å². The van der Waals surface area contributed by atoms with Gasteiger partial charge in [-0.1, -0.05) is 12.0 Å². The van der Waals surface area contributed by atoms with Crippen LogP contribution in [0.15, 0.2) is 41.3 Å². The number of benzene rings is 1. The zero-order valence-electron chi connectivity index (χ0n) is 9.34. The van der Waals surface area contributed by atoms with Gasteiger partial charge in [0.25, 0.3) is 0 Å². The van der Waals surface area contributed by atoms with E-state index in [-0.39, 0.29) is 6.61 Å². The first-order valence-electron chi connectivity index (χ1n) is 5.09. The molecule has 0 aliphatic heterocycles. The van der Waals surface area contributed by atoms with Gasteiger partial charge in [0.2, 0.25) is 5.88 Å². The molecule has 2 rings (SSSR count). The molecule has 0 fully saturated rings. The fourth-order valence-electron chi connectivity index (χ4n) is 1.24. The second kappa shape index (κ2) is 6.03. The number of terminal acetylenes is 1. The maximum atomic E-state index is 5.60. The Hall–Kier alpha value is -2.06. The maximum Gasteiger partial charge on any atom is 0.236 e. The Morgan fingerprint density at radius 3 is 2.94 bits per heavy atom. The van der Waals surface area contributed by atoms with Crippen LogP contribution in [0.3, 0.4) is 0 Å². The number of nitrogens with zero attached hydrogens (tertiary/aromatic N) is 2. The molecule has 4 nitrogen and oxygen atoms in total. The molecule has 0 bridgehead atoms. The lowest BCUT2D eigenvalue weighted by atomic mass is 10.3. The molecule has 0 N–H and O–H groups in total. The van der Waals surface area contributed by atoms with Crippen molar-refractivity contribution in [1.29, 1.82) is 0 Å². The Morgan fingerprint density at radius 2 is 2.17 bits per heavy atom. The van der Waals surface area contributed by atoms with Gasteiger partial charge >= 0.3 is 0 Å². The van der Waals surface area contributed by atoms with E-state index in [1.54, 1.807) is 24.4 Å². The van der Waals surface area contributed by atoms with Crippen LogP contribution < -0.4 is 9.47 Å². The van der Waals surface area contributed by atoms with Gasteiger partial charge < -0.3 is 9.47 Å². The van der Waals surface area contributed by atoms with E-state index in [0.717, 1.165) is 0 Å². The highest BCUT2D eigenvalue weighted by Gasteiger charge is 2.04. The van der Waals surface area contributed by atoms with Crippen molar-refractivity contribution >= 4 is 15.9 Å². The first-order valence-corrected chi connectivity index (χ1v) is 5.88. The van der Waals surface area contributed by atoms with Gasteiger partial charge in [-0.25, -0.2) is 9.97 Å². The SMILES string of the molecule is C#CCOc1cccc(Oc2ncncc2Br)c1. The minimum atomic E-state index is 0.223. The topological polar surface area (TPSA) is 44.2 Å². The fraction of sp³-hybridized carbons (Fsp3) is 0.0769. The van der Waals surface area contributed by atoms with Gasteiger partial charge in [0, 0.05) is 12.3 Å². The molecular weight excluding hydrogens is 296 g/mol. The molecule has 90 valence electrons. The summed E-state index contributed by atoms with van der Waals surface area (Å²) in [6, 6.07) is 7.17. The number of hydrogen-bond acceptors (Lipinski definition) is 4. The Labute approximate surface area is 113 Å². The molecule has 1 aromatic carbocycles. The summed E-state index contributed by atoms with van der Waals surface area (Å²) in [7, 11) is 0. The number of hydrogen-bond donors (Lipinski definition) is 0. The molecule has 0 aliphatic carbocycles. The Morgan fingerprint density at radius 1 is 1.33 bits per heavy atom. The van der Waals surface area contributed by atoms with Gasteiger partial charge in [0.1, 0.15) is 24.4 Å². The summed E-state index contributed by atoms with van der Waals surface area (Å²) < 4.78 is 11.6. The summed E-state index contributed by atoms with van der Waals surface area (Å²) in [4.78, 5) is 7.87. The first kappa shape index (κ1) is 12.4. The number of aromatic nitrogens is 2. The highest BCUT2D eigenvalue weighted by molar-refractivity contribution is 9.10. The summed E-state index contributed by atoms with van der Waals surface area (Å²) in [6.45, 7) is 0.223. The standard InChI is InChI=1S/C13H9BrN2O2/c1-2-6-17-10-4-3-5-11(7-10)18-13-12(14)8-15-9-16-13/h1,3-5,7-9H,6H2. The average molecular weight is 305 g/mol. The number of ether oxygens (including phenoxy) is 2. The molecule has 0 radical (unpaired) electrons. The summed E-state index contributed by atoms with van der Waals surface area (Å²) in [6.07, 6.45) is 8.16. The van der Waals surface area contributed by atoms with Crippen LogP contribution in [0.2, 0.25) is 0 Å². The first-order chi connectivity index (χ1) is 8.79. The third kappa shape index (κ3) is 3.22. The Balaban J connectivity index is 2.15. The molecule has 0 aliphatic rings. The van der Waals surface area contributed by atoms with Crippen molar-refractivity contribution in [3.63, 3.8) is 0 Å². The van der Waals surface area contributed by atoms with E-state index in [9.17, 15) is 0 Å². The third-order valence-corrected chi connectivity index (χ3v) is 2.52. The zero-order valence-corrected chi connectivity index (χ0v) is 10.9. The molecule has 0 amide bonds. The molecule has 18 heavy (non-hydrogen) atoms. The highest BCUT2D eigenvalue weighted by Crippen LogP contribution is 2.28. The molecule has 5 heteroatoms. The summed E-state index contributed by atoms with van der Waals surface area (Å²) in [5, 5.41) is 0. The van der Waals surface area contributed by atoms with Gasteiger partial charge in [0.15, 0.2) is 0 Å². The van der Waals surface area contributed by atoms with E-state index in [1.165, 1.54) is 6.33 Å². The van der Waals surface area contributed by atoms with Gasteiger partial charge in [-0.2, -0.15) is 0 Å². The lowest BCUT2D eigenvalue weighted by Gasteiger charge is -2.07. The second-order valence-electron chi connectivity index (χ2n) is 3.25. The van der Waals surface area contributed by atoms with Gasteiger partial charge in [-0.15, -0.1) is 6.42 Å². The molecule has 0 spiro atoms. The lowest BCUT2D eigenvalue weighted by molar-refractivity contribution is 0.366.